The quantitative estimate of drug-likeness (QED) is 0.671. The molecule has 0 saturated heterocycles. The Labute approximate surface area is 149 Å². The Bertz CT molecular complexity index is 849. The molecule has 0 atom stereocenters. The number of hydrogen-bond acceptors (Lipinski definition) is 5. The number of methoxy groups -OCH3 is 1. The van der Waals surface area contributed by atoms with Gasteiger partial charge < -0.3 is 14.6 Å². The zero-order valence-electron chi connectivity index (χ0n) is 14.5. The first-order valence-corrected chi connectivity index (χ1v) is 8.94. The maximum absolute atomic E-state index is 12.7. The third kappa shape index (κ3) is 3.24. The van der Waals surface area contributed by atoms with Gasteiger partial charge >= 0.3 is 5.97 Å². The van der Waals surface area contributed by atoms with Crippen LogP contribution in [0.3, 0.4) is 0 Å². The van der Waals surface area contributed by atoms with Gasteiger partial charge in [-0.25, -0.2) is 4.79 Å². The summed E-state index contributed by atoms with van der Waals surface area (Å²) in [6.45, 7) is 4.36. The van der Waals surface area contributed by atoms with Crippen LogP contribution in [0.5, 0.6) is 0 Å². The van der Waals surface area contributed by atoms with E-state index in [4.69, 9.17) is 4.74 Å². The molecule has 132 valence electrons. The van der Waals surface area contributed by atoms with Crippen LogP contribution in [-0.2, 0) is 28.9 Å². The molecule has 0 unspecified atom stereocenters. The van der Waals surface area contributed by atoms with Gasteiger partial charge in [0.1, 0.15) is 0 Å². The van der Waals surface area contributed by atoms with Crippen LogP contribution in [0.2, 0.25) is 0 Å². The Hall–Kier alpha value is -2.41. The summed E-state index contributed by atoms with van der Waals surface area (Å²) < 4.78 is 4.82. The molecule has 0 aliphatic carbocycles. The number of amides is 1. The van der Waals surface area contributed by atoms with E-state index < -0.39 is 5.97 Å². The first kappa shape index (κ1) is 17.4. The summed E-state index contributed by atoms with van der Waals surface area (Å²) in [6, 6.07) is 2.05. The minimum absolute atomic E-state index is 0.0397. The third-order valence-corrected chi connectivity index (χ3v) is 5.58. The fourth-order valence-electron chi connectivity index (χ4n) is 3.25. The van der Waals surface area contributed by atoms with Crippen molar-refractivity contribution in [1.82, 2.24) is 9.88 Å². The van der Waals surface area contributed by atoms with Crippen LogP contribution in [0.15, 0.2) is 11.4 Å². The first-order chi connectivity index (χ1) is 11.9. The number of H-pyrrole nitrogens is 1. The lowest BCUT2D eigenvalue weighted by molar-refractivity contribution is -0.131. The zero-order valence-corrected chi connectivity index (χ0v) is 15.3. The van der Waals surface area contributed by atoms with E-state index in [0.29, 0.717) is 30.0 Å². The number of thiophene rings is 1. The van der Waals surface area contributed by atoms with Crippen LogP contribution < -0.4 is 0 Å². The second-order valence-electron chi connectivity index (χ2n) is 6.14. The van der Waals surface area contributed by atoms with E-state index in [1.54, 1.807) is 23.2 Å². The molecule has 1 aliphatic rings. The number of fused-ring (bicyclic) bond motifs is 1. The number of ether oxygens (including phenoxy) is 1. The van der Waals surface area contributed by atoms with Crippen molar-refractivity contribution in [3.8, 4) is 0 Å². The summed E-state index contributed by atoms with van der Waals surface area (Å²) in [6.07, 6.45) is 0.892. The molecule has 25 heavy (non-hydrogen) atoms. The predicted molar refractivity (Wildman–Crippen MR) is 94.0 cm³/mol. The standard InChI is InChI=1S/C18H20N2O4S/c1-10-16(18(23)24-3)13(19-17(10)11(2)21)8-15(22)20-6-4-14-12(9-20)5-7-25-14/h5,7,19H,4,6,8-9H2,1-3H3. The Morgan fingerprint density at radius 2 is 2.12 bits per heavy atom. The number of ketones is 1. The lowest BCUT2D eigenvalue weighted by atomic mass is 10.1. The molecule has 0 spiro atoms. The molecule has 0 aromatic carbocycles. The van der Waals surface area contributed by atoms with E-state index in [0.717, 1.165) is 6.42 Å². The molecular formula is C18H20N2O4S. The van der Waals surface area contributed by atoms with E-state index >= 15 is 0 Å². The molecule has 0 fully saturated rings. The number of esters is 1. The highest BCUT2D eigenvalue weighted by Crippen LogP contribution is 2.26. The van der Waals surface area contributed by atoms with Crippen LogP contribution in [0.4, 0.5) is 0 Å². The summed E-state index contributed by atoms with van der Waals surface area (Å²) in [5.41, 5.74) is 2.79. The zero-order chi connectivity index (χ0) is 18.1. The van der Waals surface area contributed by atoms with Crippen LogP contribution in [0.25, 0.3) is 0 Å². The number of carbonyl (C=O) groups excluding carboxylic acids is 3. The highest BCUT2D eigenvalue weighted by molar-refractivity contribution is 7.10. The molecule has 0 bridgehead atoms. The normalized spacial score (nSPS) is 13.5. The maximum atomic E-state index is 12.7. The average molecular weight is 360 g/mol. The molecular weight excluding hydrogens is 340 g/mol. The molecule has 2 aromatic heterocycles. The van der Waals surface area contributed by atoms with E-state index in [2.05, 4.69) is 4.98 Å². The molecule has 2 aromatic rings. The van der Waals surface area contributed by atoms with Crippen LogP contribution >= 0.6 is 11.3 Å². The summed E-state index contributed by atoms with van der Waals surface area (Å²) in [4.78, 5) is 42.7. The lowest BCUT2D eigenvalue weighted by Crippen LogP contribution is -2.36. The number of Topliss-reactive ketones (excluding diaryl/α,β-unsaturated/α-hetero) is 1. The van der Waals surface area contributed by atoms with Crippen LogP contribution in [0.1, 0.15) is 49.5 Å². The van der Waals surface area contributed by atoms with Gasteiger partial charge in [-0.05, 0) is 35.9 Å². The number of carbonyl (C=O) groups is 3. The Morgan fingerprint density at radius 1 is 1.36 bits per heavy atom. The third-order valence-electron chi connectivity index (χ3n) is 4.56. The maximum Gasteiger partial charge on any atom is 0.339 e. The molecule has 7 heteroatoms. The number of nitrogens with one attached hydrogen (secondary N) is 1. The van der Waals surface area contributed by atoms with Crippen LogP contribution in [-0.4, -0.2) is 41.2 Å². The van der Waals surface area contributed by atoms with E-state index in [1.807, 2.05) is 11.4 Å². The fraction of sp³-hybridized carbons (Fsp3) is 0.389. The number of aromatic amines is 1. The topological polar surface area (TPSA) is 79.5 Å². The molecule has 1 amide bonds. The van der Waals surface area contributed by atoms with Gasteiger partial charge in [-0.15, -0.1) is 11.3 Å². The van der Waals surface area contributed by atoms with Crippen molar-refractivity contribution in [2.45, 2.75) is 33.2 Å². The Kier molecular flexibility index (Phi) is 4.76. The average Bonchev–Trinajstić information content (AvgIpc) is 3.17. The van der Waals surface area contributed by atoms with E-state index in [9.17, 15) is 14.4 Å². The number of aromatic nitrogens is 1. The number of nitrogens with zero attached hydrogens (tertiary/aromatic N) is 1. The fourth-order valence-corrected chi connectivity index (χ4v) is 4.14. The summed E-state index contributed by atoms with van der Waals surface area (Å²) >= 11 is 1.72. The van der Waals surface area contributed by atoms with Crippen molar-refractivity contribution in [2.75, 3.05) is 13.7 Å². The molecule has 3 heterocycles. The van der Waals surface area contributed by atoms with Crippen molar-refractivity contribution in [3.63, 3.8) is 0 Å². The van der Waals surface area contributed by atoms with Crippen molar-refractivity contribution in [2.24, 2.45) is 0 Å². The molecule has 0 radical (unpaired) electrons. The smallest absolute Gasteiger partial charge is 0.339 e. The van der Waals surface area contributed by atoms with Crippen molar-refractivity contribution >= 4 is 29.0 Å². The Balaban J connectivity index is 1.85. The van der Waals surface area contributed by atoms with E-state index in [-0.39, 0.29) is 23.7 Å². The molecule has 3 rings (SSSR count). The van der Waals surface area contributed by atoms with Gasteiger partial charge in [-0.3, -0.25) is 9.59 Å². The van der Waals surface area contributed by atoms with Gasteiger partial charge in [0.2, 0.25) is 5.91 Å². The second kappa shape index (κ2) is 6.84. The highest BCUT2D eigenvalue weighted by atomic mass is 32.1. The van der Waals surface area contributed by atoms with Crippen molar-refractivity contribution in [1.29, 1.82) is 0 Å². The lowest BCUT2D eigenvalue weighted by Gasteiger charge is -2.27. The molecule has 0 saturated carbocycles. The van der Waals surface area contributed by atoms with Gasteiger partial charge in [-0.2, -0.15) is 0 Å². The summed E-state index contributed by atoms with van der Waals surface area (Å²) in [5.74, 6) is -0.789. The predicted octanol–water partition coefficient (Wildman–Crippen LogP) is 2.50. The SMILES string of the molecule is COC(=O)c1c(CC(=O)N2CCc3sccc3C2)[nH]c(C(C)=O)c1C. The minimum atomic E-state index is -0.539. The molecule has 6 nitrogen and oxygen atoms in total. The monoisotopic (exact) mass is 360 g/mol. The molecule has 1 aliphatic heterocycles. The number of hydrogen-bond donors (Lipinski definition) is 1. The first-order valence-electron chi connectivity index (χ1n) is 8.06. The van der Waals surface area contributed by atoms with Crippen molar-refractivity contribution < 1.29 is 19.1 Å². The molecule has 1 N–H and O–H groups in total. The second-order valence-corrected chi connectivity index (χ2v) is 7.14. The van der Waals surface area contributed by atoms with Crippen molar-refractivity contribution in [3.05, 3.63) is 44.4 Å². The Morgan fingerprint density at radius 3 is 2.80 bits per heavy atom. The highest BCUT2D eigenvalue weighted by Gasteiger charge is 2.27. The van der Waals surface area contributed by atoms with Gasteiger partial charge in [0.15, 0.2) is 5.78 Å². The van der Waals surface area contributed by atoms with Gasteiger partial charge in [-0.1, -0.05) is 0 Å². The van der Waals surface area contributed by atoms with Crippen LogP contribution in [0, 0.1) is 6.92 Å². The summed E-state index contributed by atoms with van der Waals surface area (Å²) in [5, 5.41) is 2.04. The minimum Gasteiger partial charge on any atom is -0.465 e. The van der Waals surface area contributed by atoms with Gasteiger partial charge in [0.25, 0.3) is 0 Å². The largest absolute Gasteiger partial charge is 0.465 e. The van der Waals surface area contributed by atoms with Gasteiger partial charge in [0.05, 0.1) is 24.8 Å². The number of rotatable bonds is 4. The summed E-state index contributed by atoms with van der Waals surface area (Å²) in [7, 11) is 1.29. The van der Waals surface area contributed by atoms with Gasteiger partial charge in [0, 0.05) is 30.6 Å². The van der Waals surface area contributed by atoms with E-state index in [1.165, 1.54) is 24.5 Å².